The molecule has 2 aromatic carbocycles. The van der Waals surface area contributed by atoms with Gasteiger partial charge in [0.1, 0.15) is 17.4 Å². The predicted octanol–water partition coefficient (Wildman–Crippen LogP) is 3.69. The molecule has 3 aromatic rings. The van der Waals surface area contributed by atoms with Gasteiger partial charge >= 0.3 is 11.9 Å². The van der Waals surface area contributed by atoms with Crippen LogP contribution in [0.2, 0.25) is 0 Å². The lowest BCUT2D eigenvalue weighted by molar-refractivity contribution is -0.217. The molecule has 1 amide bonds. The van der Waals surface area contributed by atoms with Gasteiger partial charge in [-0.3, -0.25) is 24.2 Å². The number of likely N-dealkylation sites (N-methyl/N-ethyl adjacent to an activating group) is 2. The summed E-state index contributed by atoms with van der Waals surface area (Å²) >= 11 is 0. The van der Waals surface area contributed by atoms with Crippen molar-refractivity contribution in [3.05, 3.63) is 82.6 Å². The van der Waals surface area contributed by atoms with Crippen LogP contribution in [0.15, 0.2) is 60.2 Å². The van der Waals surface area contributed by atoms with Crippen LogP contribution in [0, 0.1) is 11.3 Å². The van der Waals surface area contributed by atoms with E-state index in [0.717, 1.165) is 34.1 Å². The molecule has 1 spiro atoms. The van der Waals surface area contributed by atoms with Crippen molar-refractivity contribution in [3.63, 3.8) is 0 Å². The Morgan fingerprint density at radius 3 is 2.53 bits per heavy atom. The first kappa shape index (κ1) is 39.8. The zero-order valence-electron chi connectivity index (χ0n) is 35.1. The fourth-order valence-corrected chi connectivity index (χ4v) is 13.1. The highest BCUT2D eigenvalue weighted by atomic mass is 16.6. The number of aliphatic hydroxyl groups is 2. The Balaban J connectivity index is 1.38. The van der Waals surface area contributed by atoms with E-state index in [1.54, 1.807) is 7.11 Å². The number of benzene rings is 2. The van der Waals surface area contributed by atoms with Crippen molar-refractivity contribution in [1.29, 1.82) is 0 Å². The van der Waals surface area contributed by atoms with Crippen molar-refractivity contribution >= 4 is 34.4 Å². The number of esters is 2. The van der Waals surface area contributed by atoms with Crippen molar-refractivity contribution in [2.75, 3.05) is 59.4 Å². The average Bonchev–Trinajstić information content (AvgIpc) is 3.90. The Bertz CT molecular complexity index is 2300. The fraction of sp³-hybridized carbons (Fsp3) is 0.543. The van der Waals surface area contributed by atoms with Gasteiger partial charge in [0.25, 0.3) is 5.91 Å². The lowest BCUT2D eigenvalue weighted by Crippen LogP contribution is -2.82. The third-order valence-electron chi connectivity index (χ3n) is 15.3. The number of nitrogens with one attached hydrogen (secondary N) is 2. The largest absolute Gasteiger partial charge is 0.496 e. The summed E-state index contributed by atoms with van der Waals surface area (Å²) in [6.07, 6.45) is 6.84. The lowest BCUT2D eigenvalue weighted by Gasteiger charge is -2.63. The summed E-state index contributed by atoms with van der Waals surface area (Å²) in [7, 11) is 6.38. The summed E-state index contributed by atoms with van der Waals surface area (Å²) < 4.78 is 18.5. The third kappa shape index (κ3) is 5.07. The number of aliphatic hydroxyl groups excluding tert-OH is 1. The number of hydrogen-bond acceptors (Lipinski definition) is 11. The van der Waals surface area contributed by atoms with Crippen LogP contribution in [-0.2, 0) is 41.1 Å². The van der Waals surface area contributed by atoms with Gasteiger partial charge in [-0.25, -0.2) is 0 Å². The normalized spacial score (nSPS) is 35.6. The number of carbonyl (C=O) groups is 3. The van der Waals surface area contributed by atoms with E-state index < -0.39 is 64.0 Å². The quantitative estimate of drug-likeness (QED) is 0.204. The minimum atomic E-state index is -2.20. The van der Waals surface area contributed by atoms with E-state index in [1.165, 1.54) is 26.7 Å². The number of fused-ring (bicyclic) bond motifs is 6. The molecule has 1 saturated heterocycles. The first-order valence-corrected chi connectivity index (χ1v) is 21.1. The number of H-pyrrole nitrogens is 1. The van der Waals surface area contributed by atoms with Crippen molar-refractivity contribution in [2.45, 2.75) is 93.7 Å². The summed E-state index contributed by atoms with van der Waals surface area (Å²) in [5.41, 5.74) is 0.415. The Labute approximate surface area is 345 Å². The number of nitrogens with zero attached hydrogens (tertiary/aromatic N) is 3. The maximum Gasteiger partial charge on any atom is 0.322 e. The number of aromatic amines is 1. The van der Waals surface area contributed by atoms with Gasteiger partial charge in [0.15, 0.2) is 6.10 Å². The number of hydrogen-bond donors (Lipinski definition) is 4. The van der Waals surface area contributed by atoms with Crippen LogP contribution < -0.4 is 15.0 Å². The van der Waals surface area contributed by atoms with Gasteiger partial charge in [-0.1, -0.05) is 55.8 Å². The number of methoxy groups -OCH3 is 2. The van der Waals surface area contributed by atoms with Crippen LogP contribution >= 0.6 is 0 Å². The first-order chi connectivity index (χ1) is 28.3. The highest BCUT2D eigenvalue weighted by Crippen LogP contribution is 2.68. The van der Waals surface area contributed by atoms with Crippen LogP contribution in [0.4, 0.5) is 5.69 Å². The van der Waals surface area contributed by atoms with E-state index in [1.807, 2.05) is 43.1 Å². The molecule has 6 heterocycles. The number of anilines is 1. The minimum absolute atomic E-state index is 0.177. The number of ether oxygens (including phenoxy) is 3. The maximum absolute atomic E-state index is 15.3. The van der Waals surface area contributed by atoms with Gasteiger partial charge in [-0.2, -0.15) is 0 Å². The molecule has 1 aliphatic carbocycles. The molecular formula is C46H57N5O8. The first-order valence-electron chi connectivity index (χ1n) is 21.1. The molecule has 314 valence electrons. The van der Waals surface area contributed by atoms with E-state index in [0.29, 0.717) is 62.4 Å². The van der Waals surface area contributed by atoms with Crippen LogP contribution in [0.25, 0.3) is 10.9 Å². The Kier molecular flexibility index (Phi) is 9.39. The molecule has 2 bridgehead atoms. The molecule has 1 saturated carbocycles. The zero-order valence-corrected chi connectivity index (χ0v) is 35.1. The summed E-state index contributed by atoms with van der Waals surface area (Å²) in [6.45, 7) is 8.02. The monoisotopic (exact) mass is 807 g/mol. The van der Waals surface area contributed by atoms with Gasteiger partial charge < -0.3 is 39.6 Å². The molecule has 13 nitrogen and oxygen atoms in total. The molecule has 13 heteroatoms. The SMILES string of the molecule is CCC1=CC2CC(C(=O)OC)(c3cc4c(cc3OC)N(C)C3C(O)(C(=O)NC)C(OC(C)=O)C5(CC)C=CCN6CCC43C65)c3[nH]c4ccccc4c3CCN(C1)C2O. The molecule has 2 fully saturated rings. The summed E-state index contributed by atoms with van der Waals surface area (Å²) in [6, 6.07) is 10.9. The molecule has 59 heavy (non-hydrogen) atoms. The highest BCUT2D eigenvalue weighted by Gasteiger charge is 2.80. The van der Waals surface area contributed by atoms with E-state index >= 15 is 4.79 Å². The standard InChI is InChI=1S/C46H57N5O8/c1-8-27-21-28-24-45(42(55)58-7,36-30(15-19-51(25-27)37(28)53)29-13-10-11-14-33(29)48-36)32-22-31-34(23-35(32)57-6)49(5)39-44(31)17-20-50-18-12-16-43(9-2,38(44)50)40(59-26(3)52)46(39,56)41(54)47-4/h10-14,16,21-23,28,37-40,48,53,56H,8-9,15,17-20,24-25H2,1-7H3,(H,47,54). The molecule has 4 N–H and O–H groups in total. The number of carbonyl (C=O) groups excluding carboxylic acids is 3. The number of amides is 1. The van der Waals surface area contributed by atoms with Crippen molar-refractivity contribution in [3.8, 4) is 5.75 Å². The Morgan fingerprint density at radius 1 is 1.05 bits per heavy atom. The smallest absolute Gasteiger partial charge is 0.322 e. The van der Waals surface area contributed by atoms with E-state index in [2.05, 4.69) is 57.4 Å². The van der Waals surface area contributed by atoms with Crippen LogP contribution in [0.1, 0.15) is 68.8 Å². The van der Waals surface area contributed by atoms with E-state index in [-0.39, 0.29) is 12.5 Å². The van der Waals surface area contributed by atoms with Gasteiger partial charge in [0.2, 0.25) is 5.60 Å². The van der Waals surface area contributed by atoms with Crippen LogP contribution in [-0.4, -0.2) is 127 Å². The summed E-state index contributed by atoms with van der Waals surface area (Å²) in [4.78, 5) is 53.1. The highest BCUT2D eigenvalue weighted by molar-refractivity contribution is 5.95. The second-order valence-corrected chi connectivity index (χ2v) is 17.6. The molecule has 10 atom stereocenters. The second-order valence-electron chi connectivity index (χ2n) is 17.6. The number of para-hydroxylation sites is 1. The maximum atomic E-state index is 15.3. The topological polar surface area (TPSA) is 157 Å². The Hall–Kier alpha value is -4.69. The summed E-state index contributed by atoms with van der Waals surface area (Å²) in [5.74, 6) is -1.72. The molecule has 5 aliphatic heterocycles. The van der Waals surface area contributed by atoms with Crippen molar-refractivity contribution in [1.82, 2.24) is 20.1 Å². The second kappa shape index (κ2) is 13.9. The number of aromatic nitrogens is 1. The zero-order chi connectivity index (χ0) is 41.8. The van der Waals surface area contributed by atoms with Gasteiger partial charge in [0, 0.05) is 97.4 Å². The average molecular weight is 808 g/mol. The fourth-order valence-electron chi connectivity index (χ4n) is 13.1. The minimum Gasteiger partial charge on any atom is -0.496 e. The lowest BCUT2D eigenvalue weighted by atomic mass is 9.47. The van der Waals surface area contributed by atoms with Crippen LogP contribution in [0.3, 0.4) is 0 Å². The van der Waals surface area contributed by atoms with Crippen LogP contribution in [0.5, 0.6) is 5.75 Å². The Morgan fingerprint density at radius 2 is 1.83 bits per heavy atom. The molecule has 6 aliphatic rings. The van der Waals surface area contributed by atoms with Crippen molar-refractivity contribution in [2.24, 2.45) is 11.3 Å². The molecule has 1 aromatic heterocycles. The number of rotatable bonds is 7. The molecule has 0 radical (unpaired) electrons. The molecular weight excluding hydrogens is 751 g/mol. The third-order valence-corrected chi connectivity index (χ3v) is 15.3. The summed E-state index contributed by atoms with van der Waals surface area (Å²) in [5, 5.41) is 29.3. The van der Waals surface area contributed by atoms with Gasteiger partial charge in [-0.05, 0) is 61.9 Å². The van der Waals surface area contributed by atoms with E-state index in [9.17, 15) is 19.8 Å². The predicted molar refractivity (Wildman–Crippen MR) is 222 cm³/mol. The molecule has 10 unspecified atom stereocenters. The molecule has 9 rings (SSSR count). The van der Waals surface area contributed by atoms with Crippen molar-refractivity contribution < 1.29 is 38.8 Å². The van der Waals surface area contributed by atoms with Gasteiger partial charge in [0.05, 0.1) is 20.3 Å². The van der Waals surface area contributed by atoms with E-state index in [4.69, 9.17) is 14.2 Å². The van der Waals surface area contributed by atoms with Gasteiger partial charge in [-0.15, -0.1) is 0 Å².